The molecule has 1 N–H and O–H groups in total. The van der Waals surface area contributed by atoms with Crippen LogP contribution in [0.25, 0.3) is 0 Å². The minimum Gasteiger partial charge on any atom is -0.486 e. The van der Waals surface area contributed by atoms with Crippen molar-refractivity contribution >= 4 is 15.9 Å². The lowest BCUT2D eigenvalue weighted by molar-refractivity contribution is 0.0784. The van der Waals surface area contributed by atoms with Gasteiger partial charge in [-0.2, -0.15) is 0 Å². The summed E-state index contributed by atoms with van der Waals surface area (Å²) in [5.74, 6) is 1.18. The summed E-state index contributed by atoms with van der Waals surface area (Å²) in [7, 11) is -1.94. The highest BCUT2D eigenvalue weighted by molar-refractivity contribution is 7.89. The van der Waals surface area contributed by atoms with Crippen LogP contribution in [0.15, 0.2) is 47.4 Å². The van der Waals surface area contributed by atoms with Gasteiger partial charge >= 0.3 is 0 Å². The van der Waals surface area contributed by atoms with E-state index in [1.165, 1.54) is 24.3 Å². The zero-order valence-corrected chi connectivity index (χ0v) is 17.9. The topological polar surface area (TPSA) is 84.9 Å². The average molecular weight is 419 g/mol. The van der Waals surface area contributed by atoms with Crippen LogP contribution in [-0.2, 0) is 16.6 Å². The van der Waals surface area contributed by atoms with Crippen LogP contribution in [0, 0.1) is 0 Å². The number of carbonyl (C=O) groups is 1. The van der Waals surface area contributed by atoms with E-state index in [1.54, 1.807) is 32.7 Å². The van der Waals surface area contributed by atoms with E-state index >= 15 is 0 Å². The number of sulfonamides is 1. The molecule has 1 heterocycles. The zero-order chi connectivity index (χ0) is 21.2. The Kier molecular flexibility index (Phi) is 5.86. The van der Waals surface area contributed by atoms with Gasteiger partial charge in [0.2, 0.25) is 10.0 Å². The third-order valence-corrected chi connectivity index (χ3v) is 6.00. The second-order valence-electron chi connectivity index (χ2n) is 8.02. The first kappa shape index (κ1) is 21.1. The number of carbonyl (C=O) groups excluding carboxylic acids is 1. The van der Waals surface area contributed by atoms with Gasteiger partial charge in [-0.15, -0.1) is 0 Å². The maximum absolute atomic E-state index is 12.7. The number of hydrogen-bond donors (Lipinski definition) is 1. The standard InChI is InChI=1S/C21H26N2O5S/c1-21(2,3)22-29(25,26)17-8-6-16(7-9-17)20(24)23(4)14-15-5-10-18-19(13-15)28-12-11-27-18/h5-10,13,22H,11-12,14H2,1-4H3. The molecule has 0 radical (unpaired) electrons. The van der Waals surface area contributed by atoms with Crippen LogP contribution in [0.2, 0.25) is 0 Å². The highest BCUT2D eigenvalue weighted by Gasteiger charge is 2.22. The molecule has 7 nitrogen and oxygen atoms in total. The monoisotopic (exact) mass is 418 g/mol. The SMILES string of the molecule is CN(Cc1ccc2c(c1)OCCO2)C(=O)c1ccc(S(=O)(=O)NC(C)(C)C)cc1. The maximum atomic E-state index is 12.7. The predicted octanol–water partition coefficient (Wildman–Crippen LogP) is 2.81. The summed E-state index contributed by atoms with van der Waals surface area (Å²) in [5.41, 5.74) is 0.746. The molecule has 0 saturated carbocycles. The molecule has 0 aromatic heterocycles. The predicted molar refractivity (Wildman–Crippen MR) is 110 cm³/mol. The molecule has 1 aliphatic rings. The van der Waals surface area contributed by atoms with Crippen LogP contribution in [0.1, 0.15) is 36.7 Å². The summed E-state index contributed by atoms with van der Waals surface area (Å²) in [4.78, 5) is 14.4. The Morgan fingerprint density at radius 3 is 2.28 bits per heavy atom. The van der Waals surface area contributed by atoms with Crippen molar-refractivity contribution < 1.29 is 22.7 Å². The smallest absolute Gasteiger partial charge is 0.253 e. The van der Waals surface area contributed by atoms with Crippen LogP contribution in [0.3, 0.4) is 0 Å². The van der Waals surface area contributed by atoms with Gasteiger partial charge in [0.1, 0.15) is 13.2 Å². The van der Waals surface area contributed by atoms with Gasteiger partial charge in [0.05, 0.1) is 4.90 Å². The number of rotatable bonds is 5. The molecular weight excluding hydrogens is 392 g/mol. The number of hydrogen-bond acceptors (Lipinski definition) is 5. The van der Waals surface area contributed by atoms with Crippen molar-refractivity contribution in [2.24, 2.45) is 0 Å². The summed E-state index contributed by atoms with van der Waals surface area (Å²) < 4.78 is 38.5. The van der Waals surface area contributed by atoms with E-state index in [-0.39, 0.29) is 10.8 Å². The number of amides is 1. The van der Waals surface area contributed by atoms with Crippen LogP contribution in [-0.4, -0.2) is 45.0 Å². The molecule has 2 aromatic rings. The van der Waals surface area contributed by atoms with Crippen LogP contribution >= 0.6 is 0 Å². The lowest BCUT2D eigenvalue weighted by Crippen LogP contribution is -2.40. The van der Waals surface area contributed by atoms with Gasteiger partial charge in [-0.25, -0.2) is 13.1 Å². The van der Waals surface area contributed by atoms with Crippen LogP contribution in [0.4, 0.5) is 0 Å². The normalized spacial score (nSPS) is 13.8. The van der Waals surface area contributed by atoms with Crippen molar-refractivity contribution in [2.75, 3.05) is 20.3 Å². The second kappa shape index (κ2) is 8.04. The molecule has 0 unspecified atom stereocenters. The number of nitrogens with one attached hydrogen (secondary N) is 1. The summed E-state index contributed by atoms with van der Waals surface area (Å²) in [6.45, 7) is 6.74. The van der Waals surface area contributed by atoms with Gasteiger partial charge in [-0.1, -0.05) is 6.07 Å². The third kappa shape index (κ3) is 5.27. The molecule has 1 amide bonds. The molecular formula is C21H26N2O5S. The Morgan fingerprint density at radius 2 is 1.66 bits per heavy atom. The molecule has 1 aliphatic heterocycles. The number of ether oxygens (including phenoxy) is 2. The van der Waals surface area contributed by atoms with E-state index in [2.05, 4.69) is 4.72 Å². The molecule has 0 atom stereocenters. The molecule has 0 spiro atoms. The van der Waals surface area contributed by atoms with E-state index in [1.807, 2.05) is 18.2 Å². The minimum atomic E-state index is -3.64. The minimum absolute atomic E-state index is 0.124. The Hall–Kier alpha value is -2.58. The lowest BCUT2D eigenvalue weighted by atomic mass is 10.1. The molecule has 0 aliphatic carbocycles. The van der Waals surface area contributed by atoms with Crippen molar-refractivity contribution in [1.82, 2.24) is 9.62 Å². The summed E-state index contributed by atoms with van der Waals surface area (Å²) in [6, 6.07) is 11.5. The highest BCUT2D eigenvalue weighted by atomic mass is 32.2. The Bertz CT molecular complexity index is 995. The first-order valence-electron chi connectivity index (χ1n) is 9.33. The van der Waals surface area contributed by atoms with Gasteiger partial charge in [0.15, 0.2) is 11.5 Å². The van der Waals surface area contributed by atoms with Crippen molar-refractivity contribution in [3.05, 3.63) is 53.6 Å². The van der Waals surface area contributed by atoms with Gasteiger partial charge in [0, 0.05) is 24.7 Å². The fourth-order valence-corrected chi connectivity index (χ4v) is 4.41. The Balaban J connectivity index is 1.70. The maximum Gasteiger partial charge on any atom is 0.253 e. The fraction of sp³-hybridized carbons (Fsp3) is 0.381. The summed E-state index contributed by atoms with van der Waals surface area (Å²) >= 11 is 0. The first-order valence-corrected chi connectivity index (χ1v) is 10.8. The van der Waals surface area contributed by atoms with E-state index in [9.17, 15) is 13.2 Å². The summed E-state index contributed by atoms with van der Waals surface area (Å²) in [6.07, 6.45) is 0. The third-order valence-electron chi connectivity index (χ3n) is 4.23. The summed E-state index contributed by atoms with van der Waals surface area (Å²) in [5, 5.41) is 0. The molecule has 0 bridgehead atoms. The van der Waals surface area contributed by atoms with Gasteiger partial charge in [-0.05, 0) is 62.7 Å². The quantitative estimate of drug-likeness (QED) is 0.807. The molecule has 156 valence electrons. The number of nitrogens with zero attached hydrogens (tertiary/aromatic N) is 1. The molecule has 29 heavy (non-hydrogen) atoms. The van der Waals surface area contributed by atoms with Crippen LogP contribution in [0.5, 0.6) is 11.5 Å². The van der Waals surface area contributed by atoms with Crippen molar-refractivity contribution in [1.29, 1.82) is 0 Å². The van der Waals surface area contributed by atoms with Crippen molar-refractivity contribution in [3.63, 3.8) is 0 Å². The Labute approximate surface area is 171 Å². The highest BCUT2D eigenvalue weighted by Crippen LogP contribution is 2.31. The van der Waals surface area contributed by atoms with Crippen LogP contribution < -0.4 is 14.2 Å². The molecule has 8 heteroatoms. The second-order valence-corrected chi connectivity index (χ2v) is 9.70. The van der Waals surface area contributed by atoms with Gasteiger partial charge < -0.3 is 14.4 Å². The van der Waals surface area contributed by atoms with E-state index in [0.29, 0.717) is 36.8 Å². The van der Waals surface area contributed by atoms with E-state index in [0.717, 1.165) is 5.56 Å². The molecule has 2 aromatic carbocycles. The first-order chi connectivity index (χ1) is 13.5. The molecule has 3 rings (SSSR count). The number of benzene rings is 2. The van der Waals surface area contributed by atoms with Gasteiger partial charge in [0.25, 0.3) is 5.91 Å². The van der Waals surface area contributed by atoms with E-state index in [4.69, 9.17) is 9.47 Å². The lowest BCUT2D eigenvalue weighted by Gasteiger charge is -2.22. The van der Waals surface area contributed by atoms with Gasteiger partial charge in [-0.3, -0.25) is 4.79 Å². The molecule has 0 fully saturated rings. The van der Waals surface area contributed by atoms with Crippen molar-refractivity contribution in [3.8, 4) is 11.5 Å². The Morgan fingerprint density at radius 1 is 1.03 bits per heavy atom. The zero-order valence-electron chi connectivity index (χ0n) is 17.1. The van der Waals surface area contributed by atoms with E-state index < -0.39 is 15.6 Å². The molecule has 0 saturated heterocycles. The number of fused-ring (bicyclic) bond motifs is 1. The average Bonchev–Trinajstić information content (AvgIpc) is 2.65. The largest absolute Gasteiger partial charge is 0.486 e. The fourth-order valence-electron chi connectivity index (χ4n) is 2.99. The van der Waals surface area contributed by atoms with Crippen molar-refractivity contribution in [2.45, 2.75) is 37.8 Å².